The predicted octanol–water partition coefficient (Wildman–Crippen LogP) is 6.83. The molecule has 0 aliphatic carbocycles. The van der Waals surface area contributed by atoms with Crippen LogP contribution in [0.25, 0.3) is 0 Å². The second kappa shape index (κ2) is 16.7. The molecule has 4 aromatic rings. The summed E-state index contributed by atoms with van der Waals surface area (Å²) in [6.07, 6.45) is -1.29. The monoisotopic (exact) mass is 632 g/mol. The summed E-state index contributed by atoms with van der Waals surface area (Å²) in [5, 5.41) is 0.940. The first kappa shape index (κ1) is 30.7. The van der Waals surface area contributed by atoms with Crippen molar-refractivity contribution in [2.45, 2.75) is 68.1 Å². The first-order chi connectivity index (χ1) is 20.8. The van der Waals surface area contributed by atoms with E-state index in [2.05, 4.69) is 55.5 Å². The molecule has 6 heteroatoms. The van der Waals surface area contributed by atoms with Crippen LogP contribution in [0.1, 0.15) is 29.2 Å². The average Bonchev–Trinajstić information content (AvgIpc) is 3.05. The van der Waals surface area contributed by atoms with E-state index in [1.807, 2.05) is 72.8 Å². The van der Waals surface area contributed by atoms with E-state index in [-0.39, 0.29) is 44.4 Å². The van der Waals surface area contributed by atoms with Crippen molar-refractivity contribution in [3.63, 3.8) is 0 Å². The van der Waals surface area contributed by atoms with Gasteiger partial charge in [0.1, 0.15) is 0 Å². The van der Waals surface area contributed by atoms with Crippen LogP contribution in [0.15, 0.2) is 121 Å². The van der Waals surface area contributed by atoms with Crippen LogP contribution in [0.2, 0.25) is 5.32 Å². The van der Waals surface area contributed by atoms with Gasteiger partial charge in [-0.25, -0.2) is 0 Å². The number of hydrogen-bond donors (Lipinski definition) is 0. The van der Waals surface area contributed by atoms with E-state index >= 15 is 0 Å². The summed E-state index contributed by atoms with van der Waals surface area (Å²) < 4.78 is 33.2. The zero-order chi connectivity index (χ0) is 28.8. The van der Waals surface area contributed by atoms with Crippen LogP contribution in [0.4, 0.5) is 0 Å². The fraction of sp³-hybridized carbons (Fsp3) is 0.333. The number of ether oxygens (including phenoxy) is 5. The summed E-state index contributed by atoms with van der Waals surface area (Å²) in [4.78, 5) is 0. The van der Waals surface area contributed by atoms with Crippen LogP contribution in [-0.4, -0.2) is 51.0 Å². The van der Waals surface area contributed by atoms with Gasteiger partial charge in [-0.05, 0) is 0 Å². The first-order valence-corrected chi connectivity index (χ1v) is 16.9. The first-order valence-electron chi connectivity index (χ1n) is 14.7. The van der Waals surface area contributed by atoms with Gasteiger partial charge in [0.2, 0.25) is 0 Å². The van der Waals surface area contributed by atoms with Crippen LogP contribution < -0.4 is 0 Å². The summed E-state index contributed by atoms with van der Waals surface area (Å²) in [5.41, 5.74) is 4.47. The Labute approximate surface area is 256 Å². The van der Waals surface area contributed by atoms with Gasteiger partial charge in [-0.15, -0.1) is 0 Å². The van der Waals surface area contributed by atoms with Crippen LogP contribution in [0.5, 0.6) is 0 Å². The van der Waals surface area contributed by atoms with Gasteiger partial charge in [0, 0.05) is 0 Å². The Morgan fingerprint density at radius 2 is 0.929 bits per heavy atom. The minimum absolute atomic E-state index is 0.0890. The minimum atomic E-state index is -0.380. The molecule has 1 aliphatic rings. The van der Waals surface area contributed by atoms with Gasteiger partial charge >= 0.3 is 257 Å². The molecule has 42 heavy (non-hydrogen) atoms. The van der Waals surface area contributed by atoms with Gasteiger partial charge < -0.3 is 0 Å². The second-order valence-electron chi connectivity index (χ2n) is 10.3. The molecule has 0 unspecified atom stereocenters. The third kappa shape index (κ3) is 9.10. The summed E-state index contributed by atoms with van der Waals surface area (Å²) in [6, 6.07) is 41.0. The molecule has 0 N–H and O–H groups in total. The van der Waals surface area contributed by atoms with Gasteiger partial charge in [0.15, 0.2) is 0 Å². The van der Waals surface area contributed by atoms with Crippen LogP contribution in [0.3, 0.4) is 0 Å². The predicted molar refractivity (Wildman–Crippen MR) is 166 cm³/mol. The quantitative estimate of drug-likeness (QED) is 0.135. The van der Waals surface area contributed by atoms with Crippen molar-refractivity contribution in [1.29, 1.82) is 0 Å². The Balaban J connectivity index is 1.40. The summed E-state index contributed by atoms with van der Waals surface area (Å²) in [6.45, 7) is 4.52. The van der Waals surface area contributed by atoms with E-state index in [9.17, 15) is 0 Å². The topological polar surface area (TPSA) is 46.2 Å². The average molecular weight is 632 g/mol. The van der Waals surface area contributed by atoms with E-state index in [1.54, 1.807) is 0 Å². The second-order valence-corrected chi connectivity index (χ2v) is 13.2. The molecule has 0 saturated carbocycles. The van der Waals surface area contributed by atoms with Gasteiger partial charge in [-0.3, -0.25) is 0 Å². The van der Waals surface area contributed by atoms with Crippen molar-refractivity contribution in [1.82, 2.24) is 0 Å². The van der Waals surface area contributed by atoms with E-state index in [0.717, 1.165) is 27.6 Å². The number of benzene rings is 4. The summed E-state index contributed by atoms with van der Waals surface area (Å²) in [5.74, 6) is 0. The van der Waals surface area contributed by atoms with Gasteiger partial charge in [0.05, 0.1) is 0 Å². The van der Waals surface area contributed by atoms with Crippen molar-refractivity contribution in [3.8, 4) is 0 Å². The molecule has 1 fully saturated rings. The molecule has 0 amide bonds. The standard InChI is InChI=1S/C36H40O5Se/c1-2-42-36-35(40-26-31-21-13-6-14-22-31)34(39-25-30-19-11-5-12-20-30)33(38-24-29-17-9-4-10-18-29)32(41-36)27-37-23-28-15-7-3-8-16-28/h3-22,32-36H,2,23-27H2,1H3/t32-,33-,34+,35-,36-/m1/s1. The third-order valence-corrected chi connectivity index (χ3v) is 9.36. The van der Waals surface area contributed by atoms with E-state index in [1.165, 1.54) is 0 Å². The Morgan fingerprint density at radius 3 is 1.38 bits per heavy atom. The molecule has 5 rings (SSSR count). The fourth-order valence-electron chi connectivity index (χ4n) is 5.05. The van der Waals surface area contributed by atoms with Crippen LogP contribution >= 0.6 is 0 Å². The van der Waals surface area contributed by atoms with Crippen molar-refractivity contribution in [2.75, 3.05) is 6.61 Å². The molecule has 1 heterocycles. The molecule has 0 radical (unpaired) electrons. The normalized spacial score (nSPS) is 22.2. The van der Waals surface area contributed by atoms with Gasteiger partial charge in [-0.2, -0.15) is 0 Å². The van der Waals surface area contributed by atoms with Gasteiger partial charge in [0.25, 0.3) is 0 Å². The molecule has 0 spiro atoms. The number of hydrogen-bond acceptors (Lipinski definition) is 5. The fourth-order valence-corrected chi connectivity index (χ4v) is 7.09. The van der Waals surface area contributed by atoms with Gasteiger partial charge in [-0.1, -0.05) is 0 Å². The van der Waals surface area contributed by atoms with Crippen molar-refractivity contribution in [2.24, 2.45) is 0 Å². The third-order valence-electron chi connectivity index (χ3n) is 7.17. The molecule has 1 aliphatic heterocycles. The SMILES string of the molecule is CC[Se][C@H]1O[C@H](COCc2ccccc2)[C@@H](OCc2ccccc2)[C@H](OCc2ccccc2)[C@H]1OCc1ccccc1. The Bertz CT molecular complexity index is 1280. The molecule has 4 aromatic carbocycles. The number of rotatable bonds is 15. The summed E-state index contributed by atoms with van der Waals surface area (Å²) in [7, 11) is 0. The molecular weight excluding hydrogens is 591 g/mol. The van der Waals surface area contributed by atoms with Crippen LogP contribution in [-0.2, 0) is 50.1 Å². The Hall–Kier alpha value is -2.80. The molecular formula is C36H40O5Se. The molecule has 5 nitrogen and oxygen atoms in total. The maximum absolute atomic E-state index is 6.82. The zero-order valence-corrected chi connectivity index (χ0v) is 25.8. The van der Waals surface area contributed by atoms with Crippen molar-refractivity contribution >= 4 is 15.0 Å². The van der Waals surface area contributed by atoms with E-state index < -0.39 is 0 Å². The molecule has 5 atom stereocenters. The van der Waals surface area contributed by atoms with Crippen molar-refractivity contribution in [3.05, 3.63) is 144 Å². The Kier molecular flexibility index (Phi) is 12.2. The summed E-state index contributed by atoms with van der Waals surface area (Å²) >= 11 is 0.192. The van der Waals surface area contributed by atoms with E-state index in [4.69, 9.17) is 23.7 Å². The molecule has 1 saturated heterocycles. The molecule has 0 aromatic heterocycles. The maximum atomic E-state index is 6.82. The van der Waals surface area contributed by atoms with Crippen molar-refractivity contribution < 1.29 is 23.7 Å². The van der Waals surface area contributed by atoms with Crippen LogP contribution in [0, 0.1) is 0 Å². The van der Waals surface area contributed by atoms with E-state index in [0.29, 0.717) is 33.0 Å². The molecule has 0 bridgehead atoms. The zero-order valence-electron chi connectivity index (χ0n) is 24.1. The Morgan fingerprint density at radius 1 is 0.524 bits per heavy atom. The molecule has 220 valence electrons.